The topological polar surface area (TPSA) is 45.2 Å². The summed E-state index contributed by atoms with van der Waals surface area (Å²) < 4.78 is 0. The summed E-state index contributed by atoms with van der Waals surface area (Å²) in [7, 11) is 3.54. The summed E-state index contributed by atoms with van der Waals surface area (Å²) in [5.74, 6) is 0.758. The molecule has 1 N–H and O–H groups in total. The average molecular weight is 242 g/mol. The number of nitrogens with zero attached hydrogens (tertiary/aromatic N) is 2. The van der Waals surface area contributed by atoms with Gasteiger partial charge in [0.1, 0.15) is 5.82 Å². The van der Waals surface area contributed by atoms with Gasteiger partial charge in [0.2, 0.25) is 5.91 Å². The molecule has 1 aromatic heterocycles. The molecule has 0 fully saturated rings. The van der Waals surface area contributed by atoms with Gasteiger partial charge in [-0.05, 0) is 12.1 Å². The molecule has 16 heavy (non-hydrogen) atoms. The second kappa shape index (κ2) is 5.70. The van der Waals surface area contributed by atoms with Crippen molar-refractivity contribution in [1.82, 2.24) is 10.3 Å². The third-order valence-corrected chi connectivity index (χ3v) is 2.57. The average Bonchev–Trinajstić information content (AvgIpc) is 2.28. The zero-order valence-corrected chi connectivity index (χ0v) is 10.5. The molecule has 5 heteroatoms. The number of halogens is 1. The van der Waals surface area contributed by atoms with E-state index in [9.17, 15) is 4.79 Å². The summed E-state index contributed by atoms with van der Waals surface area (Å²) in [6.45, 7) is 2.50. The largest absolute Gasteiger partial charge is 0.359 e. The van der Waals surface area contributed by atoms with E-state index in [2.05, 4.69) is 10.3 Å². The number of nitrogens with one attached hydrogen (secondary N) is 1. The number of anilines is 1. The first-order chi connectivity index (χ1) is 7.54. The molecule has 1 rings (SSSR count). The van der Waals surface area contributed by atoms with Crippen molar-refractivity contribution >= 4 is 23.3 Å². The molecule has 0 aliphatic heterocycles. The highest BCUT2D eigenvalue weighted by atomic mass is 35.5. The lowest BCUT2D eigenvalue weighted by atomic mass is 10.1. The van der Waals surface area contributed by atoms with Crippen LogP contribution in [-0.2, 0) is 4.79 Å². The molecule has 0 aliphatic rings. The Morgan fingerprint density at radius 3 is 2.81 bits per heavy atom. The van der Waals surface area contributed by atoms with Crippen LogP contribution in [0, 0.1) is 5.92 Å². The molecule has 0 aliphatic carbocycles. The Balaban J connectivity index is 2.61. The van der Waals surface area contributed by atoms with Gasteiger partial charge in [-0.25, -0.2) is 4.98 Å². The maximum absolute atomic E-state index is 11.4. The Labute approximate surface area is 101 Å². The zero-order chi connectivity index (χ0) is 12.1. The van der Waals surface area contributed by atoms with Gasteiger partial charge in [-0.3, -0.25) is 4.79 Å². The standard InChI is InChI=1S/C11H16ClN3O/c1-8(11(16)13-2)7-15(3)10-5-4-9(12)6-14-10/h4-6,8H,7H2,1-3H3,(H,13,16). The van der Waals surface area contributed by atoms with E-state index in [-0.39, 0.29) is 11.8 Å². The van der Waals surface area contributed by atoms with Crippen LogP contribution in [0.2, 0.25) is 5.02 Å². The summed E-state index contributed by atoms with van der Waals surface area (Å²) in [4.78, 5) is 17.5. The number of rotatable bonds is 4. The van der Waals surface area contributed by atoms with E-state index in [0.717, 1.165) is 5.82 Å². The normalized spacial score (nSPS) is 12.0. The minimum Gasteiger partial charge on any atom is -0.359 e. The molecule has 0 aromatic carbocycles. The Bertz CT molecular complexity index is 353. The Morgan fingerprint density at radius 1 is 1.62 bits per heavy atom. The zero-order valence-electron chi connectivity index (χ0n) is 9.70. The van der Waals surface area contributed by atoms with Gasteiger partial charge in [0.05, 0.1) is 10.9 Å². The Morgan fingerprint density at radius 2 is 2.31 bits per heavy atom. The third-order valence-electron chi connectivity index (χ3n) is 2.34. The van der Waals surface area contributed by atoms with Crippen LogP contribution in [0.5, 0.6) is 0 Å². The van der Waals surface area contributed by atoms with E-state index < -0.39 is 0 Å². The molecule has 1 atom stereocenters. The van der Waals surface area contributed by atoms with E-state index in [4.69, 9.17) is 11.6 Å². The highest BCUT2D eigenvalue weighted by molar-refractivity contribution is 6.30. The lowest BCUT2D eigenvalue weighted by Crippen LogP contribution is -2.34. The first-order valence-electron chi connectivity index (χ1n) is 5.09. The van der Waals surface area contributed by atoms with Crippen LogP contribution in [-0.4, -0.2) is 31.5 Å². The molecule has 0 bridgehead atoms. The van der Waals surface area contributed by atoms with Crippen LogP contribution in [0.4, 0.5) is 5.82 Å². The van der Waals surface area contributed by atoms with Crippen LogP contribution < -0.4 is 10.2 Å². The molecule has 0 saturated heterocycles. The van der Waals surface area contributed by atoms with Crippen molar-refractivity contribution in [3.05, 3.63) is 23.4 Å². The van der Waals surface area contributed by atoms with E-state index in [1.54, 1.807) is 19.3 Å². The lowest BCUT2D eigenvalue weighted by molar-refractivity contribution is -0.123. The van der Waals surface area contributed by atoms with Crippen LogP contribution >= 0.6 is 11.6 Å². The molecule has 4 nitrogen and oxygen atoms in total. The quantitative estimate of drug-likeness (QED) is 0.870. The van der Waals surface area contributed by atoms with E-state index in [1.165, 1.54) is 0 Å². The Hall–Kier alpha value is -1.29. The number of hydrogen-bond acceptors (Lipinski definition) is 3. The van der Waals surface area contributed by atoms with Crippen molar-refractivity contribution in [2.45, 2.75) is 6.92 Å². The van der Waals surface area contributed by atoms with Gasteiger partial charge in [0, 0.05) is 26.8 Å². The van der Waals surface area contributed by atoms with Crippen LogP contribution in [0.25, 0.3) is 0 Å². The lowest BCUT2D eigenvalue weighted by Gasteiger charge is -2.21. The molecule has 0 spiro atoms. The summed E-state index contributed by atoms with van der Waals surface area (Å²) >= 11 is 5.75. The minimum atomic E-state index is -0.0764. The van der Waals surface area contributed by atoms with Crippen molar-refractivity contribution in [3.63, 3.8) is 0 Å². The molecule has 1 unspecified atom stereocenters. The first kappa shape index (κ1) is 12.8. The summed E-state index contributed by atoms with van der Waals surface area (Å²) in [5.41, 5.74) is 0. The van der Waals surface area contributed by atoms with Gasteiger partial charge < -0.3 is 10.2 Å². The van der Waals surface area contributed by atoms with E-state index >= 15 is 0 Å². The number of carbonyl (C=O) groups is 1. The van der Waals surface area contributed by atoms with Crippen LogP contribution in [0.3, 0.4) is 0 Å². The van der Waals surface area contributed by atoms with Gasteiger partial charge in [-0.2, -0.15) is 0 Å². The van der Waals surface area contributed by atoms with Crippen LogP contribution in [0.1, 0.15) is 6.92 Å². The fraction of sp³-hybridized carbons (Fsp3) is 0.455. The Kier molecular flexibility index (Phi) is 4.55. The second-order valence-electron chi connectivity index (χ2n) is 3.73. The van der Waals surface area contributed by atoms with Crippen molar-refractivity contribution < 1.29 is 4.79 Å². The minimum absolute atomic E-state index is 0.0285. The molecule has 1 heterocycles. The van der Waals surface area contributed by atoms with Gasteiger partial charge in [-0.1, -0.05) is 18.5 Å². The number of hydrogen-bond donors (Lipinski definition) is 1. The monoisotopic (exact) mass is 241 g/mol. The predicted molar refractivity (Wildman–Crippen MR) is 65.7 cm³/mol. The van der Waals surface area contributed by atoms with Gasteiger partial charge in [-0.15, -0.1) is 0 Å². The number of carbonyl (C=O) groups excluding carboxylic acids is 1. The maximum Gasteiger partial charge on any atom is 0.224 e. The van der Waals surface area contributed by atoms with Crippen LogP contribution in [0.15, 0.2) is 18.3 Å². The third kappa shape index (κ3) is 3.38. The molecule has 1 aromatic rings. The molecular formula is C11H16ClN3O. The number of amides is 1. The van der Waals surface area contributed by atoms with Crippen molar-refractivity contribution in [2.24, 2.45) is 5.92 Å². The summed E-state index contributed by atoms with van der Waals surface area (Å²) in [6.07, 6.45) is 1.60. The van der Waals surface area contributed by atoms with Gasteiger partial charge >= 0.3 is 0 Å². The highest BCUT2D eigenvalue weighted by Gasteiger charge is 2.14. The van der Waals surface area contributed by atoms with Crippen molar-refractivity contribution in [3.8, 4) is 0 Å². The first-order valence-corrected chi connectivity index (χ1v) is 5.46. The highest BCUT2D eigenvalue weighted by Crippen LogP contribution is 2.14. The van der Waals surface area contributed by atoms with Crippen molar-refractivity contribution in [2.75, 3.05) is 25.5 Å². The molecule has 0 radical (unpaired) electrons. The SMILES string of the molecule is CNC(=O)C(C)CN(C)c1ccc(Cl)cn1. The fourth-order valence-electron chi connectivity index (χ4n) is 1.43. The number of aromatic nitrogens is 1. The summed E-state index contributed by atoms with van der Waals surface area (Å²) in [5, 5.41) is 3.23. The molecular weight excluding hydrogens is 226 g/mol. The van der Waals surface area contributed by atoms with Gasteiger partial charge in [0.25, 0.3) is 0 Å². The number of pyridine rings is 1. The van der Waals surface area contributed by atoms with E-state index in [1.807, 2.05) is 24.9 Å². The predicted octanol–water partition coefficient (Wildman–Crippen LogP) is 1.55. The molecule has 0 saturated carbocycles. The van der Waals surface area contributed by atoms with E-state index in [0.29, 0.717) is 11.6 Å². The molecule has 1 amide bonds. The second-order valence-corrected chi connectivity index (χ2v) is 4.17. The molecule has 88 valence electrons. The van der Waals surface area contributed by atoms with Crippen molar-refractivity contribution in [1.29, 1.82) is 0 Å². The fourth-order valence-corrected chi connectivity index (χ4v) is 1.54. The summed E-state index contributed by atoms with van der Waals surface area (Å²) in [6, 6.07) is 3.61. The maximum atomic E-state index is 11.4. The smallest absolute Gasteiger partial charge is 0.224 e. The van der Waals surface area contributed by atoms with Gasteiger partial charge in [0.15, 0.2) is 0 Å².